The van der Waals surface area contributed by atoms with E-state index in [1.165, 1.54) is 0 Å². The molecule has 0 aromatic heterocycles. The largest absolute Gasteiger partial charge is 0.493 e. The summed E-state index contributed by atoms with van der Waals surface area (Å²) in [6.45, 7) is 2.58. The highest BCUT2D eigenvalue weighted by Gasteiger charge is 2.06. The van der Waals surface area contributed by atoms with Crippen molar-refractivity contribution in [2.75, 3.05) is 13.7 Å². The van der Waals surface area contributed by atoms with Gasteiger partial charge in [-0.1, -0.05) is 30.3 Å². The SMILES string of the molecule is CCOc1ccc2ccccc2c1C=NNC(=S)NC. The number of nitrogens with one attached hydrogen (secondary N) is 2. The van der Waals surface area contributed by atoms with Crippen LogP contribution in [-0.2, 0) is 0 Å². The number of rotatable bonds is 4. The Hall–Kier alpha value is -2.14. The summed E-state index contributed by atoms with van der Waals surface area (Å²) in [7, 11) is 1.74. The maximum absolute atomic E-state index is 5.66. The maximum atomic E-state index is 5.66. The van der Waals surface area contributed by atoms with Crippen molar-refractivity contribution in [2.45, 2.75) is 6.92 Å². The average Bonchev–Trinajstić information content (AvgIpc) is 2.49. The molecule has 0 saturated heterocycles. The minimum Gasteiger partial charge on any atom is -0.493 e. The maximum Gasteiger partial charge on any atom is 0.186 e. The van der Waals surface area contributed by atoms with Crippen molar-refractivity contribution in [3.05, 3.63) is 42.0 Å². The molecule has 0 spiro atoms. The molecule has 0 atom stereocenters. The van der Waals surface area contributed by atoms with Gasteiger partial charge >= 0.3 is 0 Å². The molecule has 0 amide bonds. The van der Waals surface area contributed by atoms with Crippen molar-refractivity contribution in [3.8, 4) is 5.75 Å². The van der Waals surface area contributed by atoms with Gasteiger partial charge in [-0.25, -0.2) is 0 Å². The van der Waals surface area contributed by atoms with Gasteiger partial charge in [-0.3, -0.25) is 5.43 Å². The zero-order chi connectivity index (χ0) is 14.4. The van der Waals surface area contributed by atoms with Gasteiger partial charge in [0.05, 0.1) is 12.8 Å². The molecule has 0 radical (unpaired) electrons. The second-order valence-electron chi connectivity index (χ2n) is 4.08. The van der Waals surface area contributed by atoms with Gasteiger partial charge in [0.15, 0.2) is 5.11 Å². The van der Waals surface area contributed by atoms with Crippen molar-refractivity contribution in [3.63, 3.8) is 0 Å². The third kappa shape index (κ3) is 3.24. The van der Waals surface area contributed by atoms with E-state index in [1.54, 1.807) is 13.3 Å². The number of fused-ring (bicyclic) bond motifs is 1. The van der Waals surface area contributed by atoms with Gasteiger partial charge < -0.3 is 10.1 Å². The number of ether oxygens (including phenoxy) is 1. The van der Waals surface area contributed by atoms with E-state index in [-0.39, 0.29) is 0 Å². The zero-order valence-electron chi connectivity index (χ0n) is 11.5. The third-order valence-electron chi connectivity index (χ3n) is 2.82. The molecule has 2 aromatic rings. The first-order valence-electron chi connectivity index (χ1n) is 6.41. The molecular formula is C15H17N3OS. The predicted molar refractivity (Wildman–Crippen MR) is 87.5 cm³/mol. The summed E-state index contributed by atoms with van der Waals surface area (Å²) in [5.41, 5.74) is 3.69. The lowest BCUT2D eigenvalue weighted by molar-refractivity contribution is 0.340. The molecule has 0 aliphatic heterocycles. The first-order valence-corrected chi connectivity index (χ1v) is 6.82. The van der Waals surface area contributed by atoms with Gasteiger partial charge in [-0.15, -0.1) is 0 Å². The summed E-state index contributed by atoms with van der Waals surface area (Å²) in [4.78, 5) is 0. The Bertz CT molecular complexity index is 640. The van der Waals surface area contributed by atoms with Gasteiger partial charge in [0.1, 0.15) is 5.75 Å². The first kappa shape index (κ1) is 14.3. The number of benzene rings is 2. The van der Waals surface area contributed by atoms with Crippen LogP contribution >= 0.6 is 12.2 Å². The summed E-state index contributed by atoms with van der Waals surface area (Å²) in [5, 5.41) is 9.67. The molecule has 0 aliphatic rings. The van der Waals surface area contributed by atoms with Crippen LogP contribution < -0.4 is 15.5 Å². The predicted octanol–water partition coefficient (Wildman–Crippen LogP) is 2.67. The lowest BCUT2D eigenvalue weighted by Crippen LogP contribution is -2.28. The number of thiocarbonyl (C=S) groups is 1. The summed E-state index contributed by atoms with van der Waals surface area (Å²) in [6, 6.07) is 12.1. The van der Waals surface area contributed by atoms with E-state index in [9.17, 15) is 0 Å². The molecule has 0 fully saturated rings. The van der Waals surface area contributed by atoms with Crippen LogP contribution in [0, 0.1) is 0 Å². The minimum atomic E-state index is 0.472. The fourth-order valence-corrected chi connectivity index (χ4v) is 1.95. The molecule has 0 saturated carbocycles. The van der Waals surface area contributed by atoms with E-state index in [4.69, 9.17) is 17.0 Å². The van der Waals surface area contributed by atoms with Crippen molar-refractivity contribution < 1.29 is 4.74 Å². The normalized spacial score (nSPS) is 10.7. The molecule has 0 bridgehead atoms. The number of hydrogen-bond acceptors (Lipinski definition) is 3. The van der Waals surface area contributed by atoms with E-state index in [2.05, 4.69) is 28.0 Å². The topological polar surface area (TPSA) is 45.6 Å². The van der Waals surface area contributed by atoms with E-state index in [0.717, 1.165) is 22.1 Å². The van der Waals surface area contributed by atoms with Gasteiger partial charge in [-0.05, 0) is 36.0 Å². The standard InChI is InChI=1S/C15H17N3OS/c1-3-19-14-9-8-11-6-4-5-7-12(11)13(14)10-17-18-15(20)16-2/h4-10H,3H2,1-2H3,(H2,16,18,20). The number of hydrazone groups is 1. The highest BCUT2D eigenvalue weighted by Crippen LogP contribution is 2.26. The fourth-order valence-electron chi connectivity index (χ4n) is 1.90. The van der Waals surface area contributed by atoms with Crippen molar-refractivity contribution in [1.82, 2.24) is 10.7 Å². The quantitative estimate of drug-likeness (QED) is 0.515. The second kappa shape index (κ2) is 6.86. The molecule has 2 rings (SSSR count). The molecule has 0 unspecified atom stereocenters. The summed E-state index contributed by atoms with van der Waals surface area (Å²) >= 11 is 4.98. The Kier molecular flexibility index (Phi) is 4.90. The summed E-state index contributed by atoms with van der Waals surface area (Å²) in [6.07, 6.45) is 1.73. The molecular weight excluding hydrogens is 270 g/mol. The van der Waals surface area contributed by atoms with Crippen LogP contribution in [-0.4, -0.2) is 25.0 Å². The second-order valence-corrected chi connectivity index (χ2v) is 4.49. The molecule has 4 nitrogen and oxygen atoms in total. The van der Waals surface area contributed by atoms with Crippen LogP contribution in [0.25, 0.3) is 10.8 Å². The van der Waals surface area contributed by atoms with Crippen LogP contribution in [0.3, 0.4) is 0 Å². The van der Waals surface area contributed by atoms with Crippen molar-refractivity contribution in [2.24, 2.45) is 5.10 Å². The molecule has 0 aliphatic carbocycles. The third-order valence-corrected chi connectivity index (χ3v) is 3.11. The van der Waals surface area contributed by atoms with E-state index < -0.39 is 0 Å². The minimum absolute atomic E-state index is 0.472. The Morgan fingerprint density at radius 3 is 2.85 bits per heavy atom. The molecule has 20 heavy (non-hydrogen) atoms. The van der Waals surface area contributed by atoms with Crippen LogP contribution in [0.2, 0.25) is 0 Å². The van der Waals surface area contributed by atoms with Crippen molar-refractivity contribution in [1.29, 1.82) is 0 Å². The molecule has 2 N–H and O–H groups in total. The van der Waals surface area contributed by atoms with Crippen molar-refractivity contribution >= 4 is 34.3 Å². The van der Waals surface area contributed by atoms with Gasteiger partial charge in [-0.2, -0.15) is 5.10 Å². The fraction of sp³-hybridized carbons (Fsp3) is 0.200. The van der Waals surface area contributed by atoms with Crippen LogP contribution in [0.1, 0.15) is 12.5 Å². The highest BCUT2D eigenvalue weighted by molar-refractivity contribution is 7.80. The number of hydrogen-bond donors (Lipinski definition) is 2. The Balaban J connectivity index is 2.41. The van der Waals surface area contributed by atoms with E-state index >= 15 is 0 Å². The molecule has 5 heteroatoms. The van der Waals surface area contributed by atoms with Gasteiger partial charge in [0, 0.05) is 12.6 Å². The van der Waals surface area contributed by atoms with Crippen LogP contribution in [0.15, 0.2) is 41.5 Å². The molecule has 0 heterocycles. The average molecular weight is 287 g/mol. The van der Waals surface area contributed by atoms with Gasteiger partial charge in [0.2, 0.25) is 0 Å². The smallest absolute Gasteiger partial charge is 0.186 e. The van der Waals surface area contributed by atoms with E-state index in [1.807, 2.05) is 31.2 Å². The molecule has 104 valence electrons. The zero-order valence-corrected chi connectivity index (χ0v) is 12.3. The summed E-state index contributed by atoms with van der Waals surface area (Å²) < 4.78 is 5.66. The Morgan fingerprint density at radius 2 is 2.10 bits per heavy atom. The lowest BCUT2D eigenvalue weighted by atomic mass is 10.0. The highest BCUT2D eigenvalue weighted by atomic mass is 32.1. The Labute approximate surface area is 123 Å². The summed E-state index contributed by atoms with van der Waals surface area (Å²) in [5.74, 6) is 0.812. The van der Waals surface area contributed by atoms with Gasteiger partial charge in [0.25, 0.3) is 0 Å². The Morgan fingerprint density at radius 1 is 1.30 bits per heavy atom. The number of nitrogens with zero attached hydrogens (tertiary/aromatic N) is 1. The van der Waals surface area contributed by atoms with Crippen LogP contribution in [0.5, 0.6) is 5.75 Å². The van der Waals surface area contributed by atoms with E-state index in [0.29, 0.717) is 11.7 Å². The monoisotopic (exact) mass is 287 g/mol. The van der Waals surface area contributed by atoms with Crippen LogP contribution in [0.4, 0.5) is 0 Å². The lowest BCUT2D eigenvalue weighted by Gasteiger charge is -2.10. The first-order chi connectivity index (χ1) is 9.76. The molecule has 2 aromatic carbocycles.